The third-order valence-electron chi connectivity index (χ3n) is 7.29. The Morgan fingerprint density at radius 1 is 1.12 bits per heavy atom. The minimum absolute atomic E-state index is 0.00790. The first-order valence-corrected chi connectivity index (χ1v) is 14.2. The van der Waals surface area contributed by atoms with Gasteiger partial charge in [0.25, 0.3) is 0 Å². The molecule has 0 aliphatic heterocycles. The molecule has 2 fully saturated rings. The Bertz CT molecular complexity index is 1640. The van der Waals surface area contributed by atoms with Crippen molar-refractivity contribution in [3.05, 3.63) is 88.1 Å². The number of hydrogen-bond acceptors (Lipinski definition) is 6. The predicted octanol–water partition coefficient (Wildman–Crippen LogP) is 4.24. The summed E-state index contributed by atoms with van der Waals surface area (Å²) in [5.74, 6) is -1.75. The van der Waals surface area contributed by atoms with E-state index in [1.807, 2.05) is 24.4 Å². The van der Waals surface area contributed by atoms with Gasteiger partial charge in [-0.1, -0.05) is 60.2 Å². The van der Waals surface area contributed by atoms with E-state index in [2.05, 4.69) is 45.2 Å². The molecule has 8 nitrogen and oxygen atoms in total. The molecule has 3 aromatic carbocycles. The molecule has 0 aromatic heterocycles. The SMILES string of the molecule is N#CCNC(=O)C(=O)NCc1c(Cl)cccc1C(=S)NC1(c2cc(/C(C=NC3CC3)=C/N)cc3ccccc23)CC1. The summed E-state index contributed by atoms with van der Waals surface area (Å²) >= 11 is 12.4. The molecule has 0 bridgehead atoms. The summed E-state index contributed by atoms with van der Waals surface area (Å²) in [4.78, 5) is 29.2. The molecule has 3 aromatic rings. The molecule has 10 heteroatoms. The van der Waals surface area contributed by atoms with Gasteiger partial charge in [0.2, 0.25) is 0 Å². The fourth-order valence-corrected chi connectivity index (χ4v) is 5.40. The summed E-state index contributed by atoms with van der Waals surface area (Å²) < 4.78 is 0. The van der Waals surface area contributed by atoms with Crippen molar-refractivity contribution in [2.24, 2.45) is 10.7 Å². The van der Waals surface area contributed by atoms with Crippen LogP contribution in [0, 0.1) is 11.3 Å². The van der Waals surface area contributed by atoms with Crippen molar-refractivity contribution in [2.75, 3.05) is 6.54 Å². The zero-order valence-electron chi connectivity index (χ0n) is 22.2. The molecule has 2 amide bonds. The first-order valence-electron chi connectivity index (χ1n) is 13.4. The second-order valence-electron chi connectivity index (χ2n) is 10.2. The molecule has 0 spiro atoms. The normalized spacial score (nSPS) is 15.8. The van der Waals surface area contributed by atoms with Crippen molar-refractivity contribution in [1.29, 1.82) is 5.26 Å². The van der Waals surface area contributed by atoms with Gasteiger partial charge < -0.3 is 21.7 Å². The number of nitriles is 1. The standard InChI is InChI=1S/C31H29ClN6O2S/c32-27-7-3-6-24(25(27)18-37-29(40)28(39)35-13-12-33)30(41)38-31(10-11-31)26-15-20(14-19-4-1-2-5-23(19)26)21(16-34)17-36-22-8-9-22/h1-7,14-17,22H,8-11,13,18,34H2,(H,35,39)(H,37,40)(H,38,41)/b21-16+,36-17?. The Balaban J connectivity index is 1.42. The Labute approximate surface area is 248 Å². The topological polar surface area (TPSA) is 132 Å². The number of fused-ring (bicyclic) bond motifs is 1. The Kier molecular flexibility index (Phi) is 8.34. The zero-order chi connectivity index (χ0) is 29.0. The number of carbonyl (C=O) groups is 2. The van der Waals surface area contributed by atoms with Crippen molar-refractivity contribution in [1.82, 2.24) is 16.0 Å². The van der Waals surface area contributed by atoms with Crippen LogP contribution in [0.5, 0.6) is 0 Å². The second kappa shape index (κ2) is 12.1. The smallest absolute Gasteiger partial charge is 0.310 e. The van der Waals surface area contributed by atoms with Crippen LogP contribution in [0.15, 0.2) is 65.8 Å². The second-order valence-corrected chi connectivity index (χ2v) is 11.0. The molecule has 5 N–H and O–H groups in total. The zero-order valence-corrected chi connectivity index (χ0v) is 23.8. The maximum atomic E-state index is 12.2. The molecular formula is C31H29ClN6O2S. The van der Waals surface area contributed by atoms with Crippen molar-refractivity contribution in [3.63, 3.8) is 0 Å². The van der Waals surface area contributed by atoms with Crippen LogP contribution in [0.3, 0.4) is 0 Å². The first-order chi connectivity index (χ1) is 19.8. The molecule has 41 heavy (non-hydrogen) atoms. The van der Waals surface area contributed by atoms with Crippen LogP contribution in [-0.2, 0) is 21.7 Å². The highest BCUT2D eigenvalue weighted by atomic mass is 35.5. The number of rotatable bonds is 9. The van der Waals surface area contributed by atoms with Crippen LogP contribution in [0.1, 0.15) is 47.9 Å². The lowest BCUT2D eigenvalue weighted by atomic mass is 9.92. The van der Waals surface area contributed by atoms with Crippen LogP contribution in [-0.4, -0.2) is 35.6 Å². The Morgan fingerprint density at radius 3 is 2.59 bits per heavy atom. The minimum atomic E-state index is -0.891. The molecule has 2 saturated carbocycles. The lowest BCUT2D eigenvalue weighted by Crippen LogP contribution is -2.40. The number of amides is 2. The van der Waals surface area contributed by atoms with Crippen molar-refractivity contribution >= 4 is 63.2 Å². The van der Waals surface area contributed by atoms with E-state index in [-0.39, 0.29) is 18.6 Å². The van der Waals surface area contributed by atoms with Gasteiger partial charge in [-0.3, -0.25) is 14.6 Å². The third-order valence-corrected chi connectivity index (χ3v) is 7.96. The Morgan fingerprint density at radius 2 is 1.88 bits per heavy atom. The minimum Gasteiger partial charge on any atom is -0.404 e. The monoisotopic (exact) mass is 584 g/mol. The average Bonchev–Trinajstić information content (AvgIpc) is 3.92. The van der Waals surface area contributed by atoms with Gasteiger partial charge in [-0.25, -0.2) is 0 Å². The number of nitrogens with zero attached hydrogens (tertiary/aromatic N) is 2. The highest BCUT2D eigenvalue weighted by Gasteiger charge is 2.46. The number of nitrogens with one attached hydrogen (secondary N) is 3. The number of benzene rings is 3. The van der Waals surface area contributed by atoms with Gasteiger partial charge in [-0.15, -0.1) is 0 Å². The van der Waals surface area contributed by atoms with Gasteiger partial charge >= 0.3 is 11.8 Å². The number of aliphatic imine (C=N–C) groups is 1. The lowest BCUT2D eigenvalue weighted by Gasteiger charge is -2.24. The summed E-state index contributed by atoms with van der Waals surface area (Å²) in [6, 6.07) is 20.0. The fraction of sp³-hybridized carbons (Fsp3) is 0.258. The van der Waals surface area contributed by atoms with E-state index < -0.39 is 11.8 Å². The van der Waals surface area contributed by atoms with Gasteiger partial charge in [0, 0.05) is 40.7 Å². The molecule has 208 valence electrons. The molecular weight excluding hydrogens is 556 g/mol. The fourth-order valence-electron chi connectivity index (χ4n) is 4.77. The van der Waals surface area contributed by atoms with Crippen LogP contribution in [0.4, 0.5) is 0 Å². The summed E-state index contributed by atoms with van der Waals surface area (Å²) in [7, 11) is 0. The molecule has 2 aliphatic rings. The molecule has 5 rings (SSSR count). The van der Waals surface area contributed by atoms with Crippen LogP contribution >= 0.6 is 23.8 Å². The van der Waals surface area contributed by atoms with Crippen LogP contribution in [0.25, 0.3) is 16.3 Å². The van der Waals surface area contributed by atoms with E-state index in [9.17, 15) is 9.59 Å². The molecule has 0 heterocycles. The van der Waals surface area contributed by atoms with Gasteiger partial charge in [0.1, 0.15) is 11.5 Å². The maximum Gasteiger partial charge on any atom is 0.310 e. The van der Waals surface area contributed by atoms with E-state index >= 15 is 0 Å². The summed E-state index contributed by atoms with van der Waals surface area (Å²) in [6.45, 7) is -0.266. The van der Waals surface area contributed by atoms with Crippen molar-refractivity contribution in [3.8, 4) is 6.07 Å². The number of allylic oxidation sites excluding steroid dienone is 1. The highest BCUT2D eigenvalue weighted by Crippen LogP contribution is 2.49. The third kappa shape index (κ3) is 6.40. The number of carbonyl (C=O) groups excluding carboxylic acids is 2. The first kappa shape index (κ1) is 28.3. The maximum absolute atomic E-state index is 12.2. The number of hydrogen-bond donors (Lipinski definition) is 4. The van der Waals surface area contributed by atoms with Crippen molar-refractivity contribution in [2.45, 2.75) is 43.8 Å². The van der Waals surface area contributed by atoms with Crippen LogP contribution in [0.2, 0.25) is 5.02 Å². The van der Waals surface area contributed by atoms with Gasteiger partial charge in [0.15, 0.2) is 0 Å². The quantitative estimate of drug-likeness (QED) is 0.129. The predicted molar refractivity (Wildman–Crippen MR) is 165 cm³/mol. The van der Waals surface area contributed by atoms with Gasteiger partial charge in [0.05, 0.1) is 17.6 Å². The molecule has 0 unspecified atom stereocenters. The molecule has 0 radical (unpaired) electrons. The van der Waals surface area contributed by atoms with E-state index in [0.717, 1.165) is 53.2 Å². The number of thiocarbonyl (C=S) groups is 1. The van der Waals surface area contributed by atoms with E-state index in [1.165, 1.54) is 0 Å². The lowest BCUT2D eigenvalue weighted by molar-refractivity contribution is -0.139. The summed E-state index contributed by atoms with van der Waals surface area (Å²) in [6.07, 6.45) is 7.46. The summed E-state index contributed by atoms with van der Waals surface area (Å²) in [5.41, 5.74) is 9.89. The largest absolute Gasteiger partial charge is 0.404 e. The van der Waals surface area contributed by atoms with E-state index in [1.54, 1.807) is 24.4 Å². The molecule has 0 atom stereocenters. The Hall–Kier alpha value is -4.26. The summed E-state index contributed by atoms with van der Waals surface area (Å²) in [5, 5.41) is 19.7. The highest BCUT2D eigenvalue weighted by molar-refractivity contribution is 7.80. The van der Waals surface area contributed by atoms with Crippen molar-refractivity contribution < 1.29 is 9.59 Å². The van der Waals surface area contributed by atoms with Gasteiger partial charge in [-0.2, -0.15) is 5.26 Å². The van der Waals surface area contributed by atoms with E-state index in [4.69, 9.17) is 34.8 Å². The molecule has 2 aliphatic carbocycles. The molecule has 0 saturated heterocycles. The average molecular weight is 585 g/mol. The van der Waals surface area contributed by atoms with Crippen LogP contribution < -0.4 is 21.7 Å². The number of nitrogens with two attached hydrogens (primary N) is 1. The number of halogens is 1. The van der Waals surface area contributed by atoms with E-state index in [0.29, 0.717) is 27.2 Å². The van der Waals surface area contributed by atoms with Gasteiger partial charge in [-0.05, 0) is 65.8 Å².